The summed E-state index contributed by atoms with van der Waals surface area (Å²) in [5.74, 6) is 0.293. The molecule has 0 saturated carbocycles. The number of carbonyl (C=O) groups is 1. The number of nitrogens with zero attached hydrogens (tertiary/aromatic N) is 1. The second-order valence-electron chi connectivity index (χ2n) is 4.29. The monoisotopic (exact) mass is 329 g/mol. The maximum Gasteiger partial charge on any atom is 0.317 e. The summed E-state index contributed by atoms with van der Waals surface area (Å²) in [6, 6.07) is 6.50. The molecule has 1 aliphatic rings. The first-order valence-corrected chi connectivity index (χ1v) is 7.77. The van der Waals surface area contributed by atoms with Gasteiger partial charge in [0, 0.05) is 15.4 Å². The minimum Gasteiger partial charge on any atom is -0.480 e. The number of thioether (sulfide) groups is 1. The Bertz CT molecular complexity index is 453. The molecular formula is C13H16BrNO2S. The van der Waals surface area contributed by atoms with Crippen LogP contribution < -0.4 is 0 Å². The molecule has 18 heavy (non-hydrogen) atoms. The predicted molar refractivity (Wildman–Crippen MR) is 77.1 cm³/mol. The van der Waals surface area contributed by atoms with Crippen molar-refractivity contribution in [3.05, 3.63) is 28.2 Å². The van der Waals surface area contributed by atoms with Crippen molar-refractivity contribution in [2.75, 3.05) is 18.8 Å². The van der Waals surface area contributed by atoms with Crippen LogP contribution >= 0.6 is 27.7 Å². The second-order valence-corrected chi connectivity index (χ2v) is 6.34. The van der Waals surface area contributed by atoms with E-state index in [1.807, 2.05) is 29.7 Å². The van der Waals surface area contributed by atoms with E-state index in [4.69, 9.17) is 5.11 Å². The highest BCUT2D eigenvalue weighted by Crippen LogP contribution is 2.40. The van der Waals surface area contributed by atoms with Gasteiger partial charge in [-0.05, 0) is 42.5 Å². The third-order valence-corrected chi connectivity index (χ3v) is 4.78. The molecule has 1 aromatic rings. The molecule has 1 N–H and O–H groups in total. The summed E-state index contributed by atoms with van der Waals surface area (Å²) >= 11 is 5.35. The van der Waals surface area contributed by atoms with E-state index in [-0.39, 0.29) is 12.6 Å². The molecule has 2 rings (SSSR count). The summed E-state index contributed by atoms with van der Waals surface area (Å²) in [5, 5.41) is 8.99. The van der Waals surface area contributed by atoms with Crippen LogP contribution in [0.15, 0.2) is 27.6 Å². The topological polar surface area (TPSA) is 40.5 Å². The molecule has 3 nitrogen and oxygen atoms in total. The van der Waals surface area contributed by atoms with Crippen LogP contribution in [0.3, 0.4) is 0 Å². The maximum absolute atomic E-state index is 10.9. The van der Waals surface area contributed by atoms with Crippen LogP contribution in [-0.4, -0.2) is 34.8 Å². The van der Waals surface area contributed by atoms with E-state index >= 15 is 0 Å². The second kappa shape index (κ2) is 6.08. The Hall–Kier alpha value is -0.520. The van der Waals surface area contributed by atoms with Crippen molar-refractivity contribution in [3.8, 4) is 0 Å². The van der Waals surface area contributed by atoms with E-state index < -0.39 is 5.97 Å². The normalized spacial score (nSPS) is 18.7. The Labute approximate surface area is 120 Å². The first-order valence-electron chi connectivity index (χ1n) is 6.00. The summed E-state index contributed by atoms with van der Waals surface area (Å²) in [4.78, 5) is 14.2. The SMILES string of the molecule is CCN(CC(=O)O)C1CCSc2ccc(Br)cc21. The lowest BCUT2D eigenvalue weighted by Crippen LogP contribution is -2.35. The Morgan fingerprint density at radius 2 is 2.39 bits per heavy atom. The number of carboxylic acids is 1. The molecule has 0 aromatic heterocycles. The lowest BCUT2D eigenvalue weighted by Gasteiger charge is -2.34. The van der Waals surface area contributed by atoms with Crippen molar-refractivity contribution in [2.24, 2.45) is 0 Å². The average Bonchev–Trinajstić information content (AvgIpc) is 2.35. The van der Waals surface area contributed by atoms with Crippen LogP contribution in [-0.2, 0) is 4.79 Å². The molecule has 1 aromatic carbocycles. The third kappa shape index (κ3) is 3.08. The quantitative estimate of drug-likeness (QED) is 0.919. The van der Waals surface area contributed by atoms with Gasteiger partial charge in [-0.2, -0.15) is 0 Å². The third-order valence-electron chi connectivity index (χ3n) is 3.16. The Morgan fingerprint density at radius 3 is 3.06 bits per heavy atom. The van der Waals surface area contributed by atoms with E-state index in [1.54, 1.807) is 0 Å². The molecule has 0 saturated heterocycles. The van der Waals surface area contributed by atoms with E-state index in [0.29, 0.717) is 0 Å². The number of fused-ring (bicyclic) bond motifs is 1. The van der Waals surface area contributed by atoms with Gasteiger partial charge in [0.05, 0.1) is 6.54 Å². The number of hydrogen-bond donors (Lipinski definition) is 1. The molecule has 0 bridgehead atoms. The Morgan fingerprint density at radius 1 is 1.61 bits per heavy atom. The number of benzene rings is 1. The minimum atomic E-state index is -0.758. The standard InChI is InChI=1S/C13H16BrNO2S/c1-2-15(8-13(16)17)11-5-6-18-12-4-3-9(14)7-10(11)12/h3-4,7,11H,2,5-6,8H2,1H3,(H,16,17). The smallest absolute Gasteiger partial charge is 0.317 e. The van der Waals surface area contributed by atoms with Gasteiger partial charge in [-0.15, -0.1) is 11.8 Å². The fourth-order valence-corrected chi connectivity index (χ4v) is 3.81. The average molecular weight is 330 g/mol. The van der Waals surface area contributed by atoms with Crippen molar-refractivity contribution in [1.29, 1.82) is 0 Å². The first-order chi connectivity index (χ1) is 8.61. The highest BCUT2D eigenvalue weighted by atomic mass is 79.9. The lowest BCUT2D eigenvalue weighted by atomic mass is 10.0. The van der Waals surface area contributed by atoms with Crippen LogP contribution in [0.2, 0.25) is 0 Å². The molecule has 1 unspecified atom stereocenters. The molecule has 0 radical (unpaired) electrons. The van der Waals surface area contributed by atoms with Crippen molar-refractivity contribution in [3.63, 3.8) is 0 Å². The number of aliphatic carboxylic acids is 1. The van der Waals surface area contributed by atoms with Crippen LogP contribution in [0.5, 0.6) is 0 Å². The minimum absolute atomic E-state index is 0.109. The van der Waals surface area contributed by atoms with E-state index in [9.17, 15) is 4.79 Å². The number of rotatable bonds is 4. The van der Waals surface area contributed by atoms with Gasteiger partial charge < -0.3 is 5.11 Å². The van der Waals surface area contributed by atoms with E-state index in [0.717, 1.165) is 23.2 Å². The summed E-state index contributed by atoms with van der Waals surface area (Å²) in [6.45, 7) is 2.88. The zero-order chi connectivity index (χ0) is 13.1. The molecule has 1 aliphatic heterocycles. The van der Waals surface area contributed by atoms with Crippen molar-refractivity contribution in [2.45, 2.75) is 24.3 Å². The van der Waals surface area contributed by atoms with Gasteiger partial charge >= 0.3 is 5.97 Å². The van der Waals surface area contributed by atoms with Gasteiger partial charge in [-0.3, -0.25) is 9.69 Å². The molecule has 0 aliphatic carbocycles. The van der Waals surface area contributed by atoms with Gasteiger partial charge in [0.25, 0.3) is 0 Å². The zero-order valence-corrected chi connectivity index (χ0v) is 12.6. The molecular weight excluding hydrogens is 314 g/mol. The van der Waals surface area contributed by atoms with Crippen LogP contribution in [0.1, 0.15) is 24.9 Å². The largest absolute Gasteiger partial charge is 0.480 e. The highest BCUT2D eigenvalue weighted by molar-refractivity contribution is 9.10. The fourth-order valence-electron chi connectivity index (χ4n) is 2.34. The van der Waals surface area contributed by atoms with Gasteiger partial charge in [0.1, 0.15) is 0 Å². The van der Waals surface area contributed by atoms with Gasteiger partial charge in [-0.25, -0.2) is 0 Å². The van der Waals surface area contributed by atoms with Crippen molar-refractivity contribution < 1.29 is 9.90 Å². The van der Waals surface area contributed by atoms with Gasteiger partial charge in [0.2, 0.25) is 0 Å². The van der Waals surface area contributed by atoms with Crippen LogP contribution in [0.4, 0.5) is 0 Å². The van der Waals surface area contributed by atoms with Crippen molar-refractivity contribution >= 4 is 33.7 Å². The first kappa shape index (κ1) is 13.9. The van der Waals surface area contributed by atoms with Gasteiger partial charge in [-0.1, -0.05) is 22.9 Å². The lowest BCUT2D eigenvalue weighted by molar-refractivity contribution is -0.138. The molecule has 98 valence electrons. The summed E-state index contributed by atoms with van der Waals surface area (Å²) in [7, 11) is 0. The number of likely N-dealkylation sites (N-methyl/N-ethyl adjacent to an activating group) is 1. The molecule has 0 spiro atoms. The summed E-state index contributed by atoms with van der Waals surface area (Å²) < 4.78 is 1.06. The Kier molecular flexibility index (Phi) is 4.70. The van der Waals surface area contributed by atoms with E-state index in [1.165, 1.54) is 10.5 Å². The summed E-state index contributed by atoms with van der Waals surface area (Å²) in [5.41, 5.74) is 1.25. The van der Waals surface area contributed by atoms with Crippen LogP contribution in [0, 0.1) is 0 Å². The Balaban J connectivity index is 2.30. The fraction of sp³-hybridized carbons (Fsp3) is 0.462. The summed E-state index contributed by atoms with van der Waals surface area (Å²) in [6.07, 6.45) is 1.01. The van der Waals surface area contributed by atoms with Gasteiger partial charge in [0.15, 0.2) is 0 Å². The predicted octanol–water partition coefficient (Wildman–Crippen LogP) is 3.39. The van der Waals surface area contributed by atoms with Crippen LogP contribution in [0.25, 0.3) is 0 Å². The molecule has 0 fully saturated rings. The number of hydrogen-bond acceptors (Lipinski definition) is 3. The molecule has 1 atom stereocenters. The molecule has 0 amide bonds. The molecule has 1 heterocycles. The zero-order valence-electron chi connectivity index (χ0n) is 10.2. The molecule has 5 heteroatoms. The number of halogens is 1. The maximum atomic E-state index is 10.9. The highest BCUT2D eigenvalue weighted by Gasteiger charge is 2.26. The van der Waals surface area contributed by atoms with E-state index in [2.05, 4.69) is 28.1 Å². The van der Waals surface area contributed by atoms with Crippen molar-refractivity contribution in [1.82, 2.24) is 4.90 Å². The number of carboxylic acid groups (broad SMARTS) is 1.